The number of nitrogens with one attached hydrogen (secondary N) is 1. The van der Waals surface area contributed by atoms with Crippen molar-refractivity contribution in [2.45, 2.75) is 17.3 Å². The molecule has 1 amide bonds. The van der Waals surface area contributed by atoms with Crippen LogP contribution in [0.5, 0.6) is 0 Å². The van der Waals surface area contributed by atoms with Crippen LogP contribution in [0.15, 0.2) is 59.8 Å². The van der Waals surface area contributed by atoms with Crippen molar-refractivity contribution in [1.29, 1.82) is 0 Å². The molecule has 1 atom stereocenters. The van der Waals surface area contributed by atoms with E-state index in [1.54, 1.807) is 28.6 Å². The van der Waals surface area contributed by atoms with Crippen LogP contribution in [0.2, 0.25) is 0 Å². The normalized spacial score (nSPS) is 11.9. The highest BCUT2D eigenvalue weighted by atomic mass is 32.2. The summed E-state index contributed by atoms with van der Waals surface area (Å²) in [6.45, 7) is 2.08. The lowest BCUT2D eigenvalue weighted by Crippen LogP contribution is -2.11. The van der Waals surface area contributed by atoms with Gasteiger partial charge in [-0.15, -0.1) is 5.10 Å². The average Bonchev–Trinajstić information content (AvgIpc) is 3.00. The van der Waals surface area contributed by atoms with E-state index in [2.05, 4.69) is 27.8 Å². The first-order valence-corrected chi connectivity index (χ1v) is 8.37. The van der Waals surface area contributed by atoms with E-state index in [0.29, 0.717) is 5.56 Å². The Morgan fingerprint density at radius 1 is 1.17 bits per heavy atom. The van der Waals surface area contributed by atoms with Crippen molar-refractivity contribution in [3.05, 3.63) is 65.7 Å². The molecule has 3 rings (SSSR count). The van der Waals surface area contributed by atoms with E-state index < -0.39 is 0 Å². The average molecular weight is 339 g/mol. The van der Waals surface area contributed by atoms with E-state index in [-0.39, 0.29) is 11.2 Å². The standard InChI is InChI=1S/C17H17N5OS/c1-12(24-17-19-20-21-22(17)2)14-9-6-10-15(11-14)18-16(23)13-7-4-3-5-8-13/h3-12H,1-2H3,(H,18,23)/t12-/m0/s1. The maximum absolute atomic E-state index is 12.3. The van der Waals surface area contributed by atoms with E-state index in [4.69, 9.17) is 0 Å². The number of aryl methyl sites for hydroxylation is 1. The first-order valence-electron chi connectivity index (χ1n) is 7.49. The summed E-state index contributed by atoms with van der Waals surface area (Å²) in [5, 5.41) is 15.3. The second-order valence-corrected chi connectivity index (χ2v) is 6.60. The summed E-state index contributed by atoms with van der Waals surface area (Å²) in [5.41, 5.74) is 2.49. The molecular weight excluding hydrogens is 322 g/mol. The van der Waals surface area contributed by atoms with Gasteiger partial charge < -0.3 is 5.32 Å². The summed E-state index contributed by atoms with van der Waals surface area (Å²) in [7, 11) is 1.81. The van der Waals surface area contributed by atoms with E-state index in [1.807, 2.05) is 49.5 Å². The minimum Gasteiger partial charge on any atom is -0.322 e. The number of carbonyl (C=O) groups excluding carboxylic acids is 1. The Bertz CT molecular complexity index is 834. The Morgan fingerprint density at radius 2 is 1.96 bits per heavy atom. The van der Waals surface area contributed by atoms with Crippen molar-refractivity contribution in [3.8, 4) is 0 Å². The van der Waals surface area contributed by atoms with Gasteiger partial charge in [0.1, 0.15) is 0 Å². The molecule has 2 aromatic carbocycles. The zero-order chi connectivity index (χ0) is 16.9. The summed E-state index contributed by atoms with van der Waals surface area (Å²) in [4.78, 5) is 12.3. The summed E-state index contributed by atoms with van der Waals surface area (Å²) in [6, 6.07) is 17.0. The van der Waals surface area contributed by atoms with Gasteiger partial charge in [-0.2, -0.15) is 0 Å². The van der Waals surface area contributed by atoms with Gasteiger partial charge in [-0.3, -0.25) is 4.79 Å². The molecule has 0 bridgehead atoms. The van der Waals surface area contributed by atoms with Gasteiger partial charge in [-0.1, -0.05) is 42.1 Å². The summed E-state index contributed by atoms with van der Waals surface area (Å²) >= 11 is 1.57. The number of tetrazole rings is 1. The molecule has 7 heteroatoms. The number of nitrogens with zero attached hydrogens (tertiary/aromatic N) is 4. The van der Waals surface area contributed by atoms with Crippen LogP contribution in [0.25, 0.3) is 0 Å². The Hall–Kier alpha value is -2.67. The van der Waals surface area contributed by atoms with Crippen LogP contribution in [0, 0.1) is 0 Å². The lowest BCUT2D eigenvalue weighted by Gasteiger charge is -2.12. The first kappa shape index (κ1) is 16.2. The van der Waals surface area contributed by atoms with Crippen molar-refractivity contribution in [2.24, 2.45) is 7.05 Å². The van der Waals surface area contributed by atoms with E-state index >= 15 is 0 Å². The number of benzene rings is 2. The van der Waals surface area contributed by atoms with Gasteiger partial charge in [-0.25, -0.2) is 4.68 Å². The fraction of sp³-hybridized carbons (Fsp3) is 0.176. The molecule has 1 aromatic heterocycles. The van der Waals surface area contributed by atoms with Crippen molar-refractivity contribution in [1.82, 2.24) is 20.2 Å². The largest absolute Gasteiger partial charge is 0.322 e. The Kier molecular flexibility index (Phi) is 4.90. The number of carbonyl (C=O) groups is 1. The van der Waals surface area contributed by atoms with Crippen LogP contribution in [0.4, 0.5) is 5.69 Å². The first-order chi connectivity index (χ1) is 11.6. The molecule has 0 aliphatic carbocycles. The zero-order valence-electron chi connectivity index (χ0n) is 13.4. The number of thioether (sulfide) groups is 1. The number of aromatic nitrogens is 4. The monoisotopic (exact) mass is 339 g/mol. The molecule has 3 aromatic rings. The van der Waals surface area contributed by atoms with E-state index in [9.17, 15) is 4.79 Å². The van der Waals surface area contributed by atoms with Gasteiger partial charge >= 0.3 is 0 Å². The van der Waals surface area contributed by atoms with Crippen LogP contribution in [-0.2, 0) is 7.05 Å². The number of anilines is 1. The Balaban J connectivity index is 1.72. The predicted molar refractivity (Wildman–Crippen MR) is 93.9 cm³/mol. The SMILES string of the molecule is C[C@H](Sc1nnnn1C)c1cccc(NC(=O)c2ccccc2)c1. The molecule has 0 aliphatic heterocycles. The molecule has 24 heavy (non-hydrogen) atoms. The third-order valence-electron chi connectivity index (χ3n) is 3.51. The molecule has 0 saturated heterocycles. The highest BCUT2D eigenvalue weighted by Gasteiger charge is 2.13. The van der Waals surface area contributed by atoms with Crippen LogP contribution < -0.4 is 5.32 Å². The van der Waals surface area contributed by atoms with Gasteiger partial charge in [-0.05, 0) is 47.2 Å². The molecule has 0 saturated carbocycles. The second-order valence-electron chi connectivity index (χ2n) is 5.29. The van der Waals surface area contributed by atoms with E-state index in [1.165, 1.54) is 0 Å². The van der Waals surface area contributed by atoms with Crippen LogP contribution in [-0.4, -0.2) is 26.1 Å². The molecular formula is C17H17N5OS. The van der Waals surface area contributed by atoms with Gasteiger partial charge in [0.05, 0.1) is 0 Å². The molecule has 0 radical (unpaired) electrons. The highest BCUT2D eigenvalue weighted by molar-refractivity contribution is 7.99. The van der Waals surface area contributed by atoms with Crippen LogP contribution >= 0.6 is 11.8 Å². The van der Waals surface area contributed by atoms with Crippen molar-refractivity contribution in [2.75, 3.05) is 5.32 Å². The summed E-state index contributed by atoms with van der Waals surface area (Å²) in [5.74, 6) is -0.120. The Labute approximate surface area is 144 Å². The number of rotatable bonds is 5. The summed E-state index contributed by atoms with van der Waals surface area (Å²) < 4.78 is 1.64. The maximum Gasteiger partial charge on any atom is 0.255 e. The molecule has 0 fully saturated rings. The predicted octanol–water partition coefficient (Wildman–Crippen LogP) is 3.32. The highest BCUT2D eigenvalue weighted by Crippen LogP contribution is 2.33. The zero-order valence-corrected chi connectivity index (χ0v) is 14.2. The fourth-order valence-corrected chi connectivity index (χ4v) is 3.08. The third kappa shape index (κ3) is 3.80. The van der Waals surface area contributed by atoms with Crippen LogP contribution in [0.3, 0.4) is 0 Å². The topological polar surface area (TPSA) is 72.7 Å². The van der Waals surface area contributed by atoms with Crippen LogP contribution in [0.1, 0.15) is 28.1 Å². The van der Waals surface area contributed by atoms with Gasteiger partial charge in [0.2, 0.25) is 5.16 Å². The van der Waals surface area contributed by atoms with Gasteiger partial charge in [0.15, 0.2) is 0 Å². The molecule has 6 nitrogen and oxygen atoms in total. The van der Waals surface area contributed by atoms with Gasteiger partial charge in [0.25, 0.3) is 5.91 Å². The summed E-state index contributed by atoms with van der Waals surface area (Å²) in [6.07, 6.45) is 0. The fourth-order valence-electron chi connectivity index (χ4n) is 2.21. The molecule has 122 valence electrons. The van der Waals surface area contributed by atoms with Crippen molar-refractivity contribution < 1.29 is 4.79 Å². The molecule has 0 spiro atoms. The minimum absolute atomic E-state index is 0.120. The number of hydrogen-bond acceptors (Lipinski definition) is 5. The lowest BCUT2D eigenvalue weighted by molar-refractivity contribution is 0.102. The van der Waals surface area contributed by atoms with Gasteiger partial charge in [0, 0.05) is 23.5 Å². The molecule has 0 unspecified atom stereocenters. The van der Waals surface area contributed by atoms with Crippen molar-refractivity contribution in [3.63, 3.8) is 0 Å². The third-order valence-corrected chi connectivity index (χ3v) is 4.70. The quantitative estimate of drug-likeness (QED) is 0.722. The number of amides is 1. The van der Waals surface area contributed by atoms with E-state index in [0.717, 1.165) is 16.4 Å². The Morgan fingerprint density at radius 3 is 2.67 bits per heavy atom. The maximum atomic E-state index is 12.3. The van der Waals surface area contributed by atoms with Crippen molar-refractivity contribution >= 4 is 23.4 Å². The smallest absolute Gasteiger partial charge is 0.255 e. The molecule has 0 aliphatic rings. The second kappa shape index (κ2) is 7.27. The number of hydrogen-bond donors (Lipinski definition) is 1. The molecule has 1 N–H and O–H groups in total. The minimum atomic E-state index is -0.120. The lowest BCUT2D eigenvalue weighted by atomic mass is 10.1. The molecule has 1 heterocycles.